The molecule has 0 saturated heterocycles. The van der Waals surface area contributed by atoms with Crippen LogP contribution in [-0.4, -0.2) is 27.4 Å². The molecule has 0 aliphatic heterocycles. The first-order valence-corrected chi connectivity index (χ1v) is 5.65. The normalized spacial score (nSPS) is 24.8. The van der Waals surface area contributed by atoms with Crippen molar-refractivity contribution in [3.8, 4) is 0 Å². The number of rotatable bonds is 4. The van der Waals surface area contributed by atoms with E-state index >= 15 is 0 Å². The Balaban J connectivity index is 2.09. The van der Waals surface area contributed by atoms with E-state index in [1.807, 2.05) is 4.68 Å². The summed E-state index contributed by atoms with van der Waals surface area (Å²) in [6.07, 6.45) is 4.91. The number of nitrogens with zero attached hydrogens (tertiary/aromatic N) is 2. The maximum atomic E-state index is 10.7. The monoisotopic (exact) mass is 223 g/mol. The van der Waals surface area contributed by atoms with Crippen LogP contribution in [0.2, 0.25) is 0 Å². The Bertz CT molecular complexity index is 375. The van der Waals surface area contributed by atoms with Crippen LogP contribution >= 0.6 is 0 Å². The summed E-state index contributed by atoms with van der Waals surface area (Å²) in [4.78, 5) is 10.7. The predicted molar refractivity (Wildman–Crippen MR) is 59.0 cm³/mol. The molecule has 88 valence electrons. The zero-order valence-corrected chi connectivity index (χ0v) is 9.17. The molecule has 2 atom stereocenters. The van der Waals surface area contributed by atoms with Crippen LogP contribution in [-0.2, 0) is 11.2 Å². The van der Waals surface area contributed by atoms with Crippen molar-refractivity contribution in [3.05, 3.63) is 18.0 Å². The molecule has 2 unspecified atom stereocenters. The summed E-state index contributed by atoms with van der Waals surface area (Å²) < 4.78 is 1.86. The molecule has 5 nitrogen and oxygen atoms in total. The summed E-state index contributed by atoms with van der Waals surface area (Å²) in [7, 11) is 0. The van der Waals surface area contributed by atoms with Gasteiger partial charge in [0, 0.05) is 11.9 Å². The second-order valence-electron chi connectivity index (χ2n) is 4.41. The molecule has 0 aromatic carbocycles. The fourth-order valence-corrected chi connectivity index (χ4v) is 2.45. The molecule has 0 amide bonds. The van der Waals surface area contributed by atoms with E-state index in [1.54, 1.807) is 12.3 Å². The first-order valence-electron chi connectivity index (χ1n) is 5.65. The molecule has 1 aromatic rings. The van der Waals surface area contributed by atoms with Crippen molar-refractivity contribution in [2.45, 2.75) is 31.7 Å². The molecule has 0 bridgehead atoms. The summed E-state index contributed by atoms with van der Waals surface area (Å²) in [5.74, 6) is -0.248. The van der Waals surface area contributed by atoms with E-state index < -0.39 is 5.97 Å². The molecule has 1 aliphatic rings. The van der Waals surface area contributed by atoms with Gasteiger partial charge in [-0.05, 0) is 37.8 Å². The van der Waals surface area contributed by atoms with Gasteiger partial charge in [0.1, 0.15) is 0 Å². The van der Waals surface area contributed by atoms with Gasteiger partial charge in [0.05, 0.1) is 12.5 Å². The van der Waals surface area contributed by atoms with Gasteiger partial charge >= 0.3 is 5.97 Å². The van der Waals surface area contributed by atoms with E-state index in [0.717, 1.165) is 25.0 Å². The van der Waals surface area contributed by atoms with Gasteiger partial charge in [-0.25, -0.2) is 0 Å². The number of carboxylic acid groups (broad SMARTS) is 1. The fourth-order valence-electron chi connectivity index (χ4n) is 2.45. The number of hydrogen-bond acceptors (Lipinski definition) is 3. The lowest BCUT2D eigenvalue weighted by atomic mass is 10.1. The standard InChI is InChI=1S/C11H17N3O2/c12-7-8-1-2-9(5-8)14-10(3-4-13-14)6-11(15)16/h3-4,8-9H,1-2,5-7,12H2,(H,15,16). The Morgan fingerprint density at radius 2 is 2.44 bits per heavy atom. The van der Waals surface area contributed by atoms with Crippen LogP contribution in [0.15, 0.2) is 12.3 Å². The second-order valence-corrected chi connectivity index (χ2v) is 4.41. The Morgan fingerprint density at radius 3 is 3.06 bits per heavy atom. The number of aliphatic carboxylic acids is 1. The Kier molecular flexibility index (Phi) is 3.24. The molecule has 0 radical (unpaired) electrons. The van der Waals surface area contributed by atoms with Crippen molar-refractivity contribution in [2.24, 2.45) is 11.7 Å². The first kappa shape index (κ1) is 11.1. The highest BCUT2D eigenvalue weighted by atomic mass is 16.4. The van der Waals surface area contributed by atoms with Gasteiger partial charge in [-0.3, -0.25) is 9.48 Å². The number of nitrogens with two attached hydrogens (primary N) is 1. The van der Waals surface area contributed by atoms with Crippen molar-refractivity contribution in [3.63, 3.8) is 0 Å². The van der Waals surface area contributed by atoms with Crippen LogP contribution in [0.1, 0.15) is 31.0 Å². The van der Waals surface area contributed by atoms with Gasteiger partial charge in [-0.1, -0.05) is 0 Å². The molecule has 1 aromatic heterocycles. The Morgan fingerprint density at radius 1 is 1.62 bits per heavy atom. The minimum Gasteiger partial charge on any atom is -0.481 e. The average Bonchev–Trinajstić information content (AvgIpc) is 2.84. The molecular formula is C11H17N3O2. The lowest BCUT2D eigenvalue weighted by Crippen LogP contribution is -2.15. The average molecular weight is 223 g/mol. The maximum Gasteiger partial charge on any atom is 0.309 e. The zero-order valence-electron chi connectivity index (χ0n) is 9.17. The third-order valence-corrected chi connectivity index (χ3v) is 3.28. The molecule has 16 heavy (non-hydrogen) atoms. The molecule has 1 heterocycles. The molecule has 2 rings (SSSR count). The highest BCUT2D eigenvalue weighted by Crippen LogP contribution is 2.34. The van der Waals surface area contributed by atoms with Gasteiger partial charge in [0.15, 0.2) is 0 Å². The van der Waals surface area contributed by atoms with E-state index in [0.29, 0.717) is 18.5 Å². The van der Waals surface area contributed by atoms with Crippen molar-refractivity contribution in [1.82, 2.24) is 9.78 Å². The fraction of sp³-hybridized carbons (Fsp3) is 0.636. The summed E-state index contributed by atoms with van der Waals surface area (Å²) in [6, 6.07) is 2.11. The largest absolute Gasteiger partial charge is 0.481 e. The van der Waals surface area contributed by atoms with Gasteiger partial charge in [-0.2, -0.15) is 5.10 Å². The minimum absolute atomic E-state index is 0.0454. The summed E-state index contributed by atoms with van der Waals surface area (Å²) in [6.45, 7) is 0.714. The van der Waals surface area contributed by atoms with Crippen LogP contribution in [0, 0.1) is 5.92 Å². The SMILES string of the molecule is NCC1CCC(n2nccc2CC(=O)O)C1. The van der Waals surface area contributed by atoms with E-state index in [-0.39, 0.29) is 6.42 Å². The van der Waals surface area contributed by atoms with Crippen molar-refractivity contribution in [2.75, 3.05) is 6.54 Å². The van der Waals surface area contributed by atoms with Crippen LogP contribution in [0.25, 0.3) is 0 Å². The molecule has 0 spiro atoms. The number of hydrogen-bond donors (Lipinski definition) is 2. The third kappa shape index (κ3) is 2.24. The van der Waals surface area contributed by atoms with E-state index in [4.69, 9.17) is 10.8 Å². The van der Waals surface area contributed by atoms with Crippen molar-refractivity contribution in [1.29, 1.82) is 0 Å². The summed E-state index contributed by atoms with van der Waals surface area (Å²) in [5.41, 5.74) is 6.43. The highest BCUT2D eigenvalue weighted by molar-refractivity contribution is 5.69. The topological polar surface area (TPSA) is 81.1 Å². The molecule has 5 heteroatoms. The van der Waals surface area contributed by atoms with Crippen LogP contribution in [0.5, 0.6) is 0 Å². The number of carbonyl (C=O) groups is 1. The summed E-state index contributed by atoms with van der Waals surface area (Å²) in [5, 5.41) is 13.0. The van der Waals surface area contributed by atoms with Gasteiger partial charge in [0.25, 0.3) is 0 Å². The zero-order chi connectivity index (χ0) is 11.5. The Hall–Kier alpha value is -1.36. The predicted octanol–water partition coefficient (Wildman–Crippen LogP) is 0.810. The Labute approximate surface area is 94.2 Å². The smallest absolute Gasteiger partial charge is 0.309 e. The van der Waals surface area contributed by atoms with E-state index in [2.05, 4.69) is 5.10 Å². The molecule has 3 N–H and O–H groups in total. The first-order chi connectivity index (χ1) is 7.70. The van der Waals surface area contributed by atoms with E-state index in [9.17, 15) is 4.79 Å². The molecule has 1 saturated carbocycles. The van der Waals surface area contributed by atoms with Crippen molar-refractivity contribution >= 4 is 5.97 Å². The number of carboxylic acids is 1. The lowest BCUT2D eigenvalue weighted by molar-refractivity contribution is -0.136. The van der Waals surface area contributed by atoms with Crippen LogP contribution < -0.4 is 5.73 Å². The van der Waals surface area contributed by atoms with Gasteiger partial charge in [0.2, 0.25) is 0 Å². The maximum absolute atomic E-state index is 10.7. The van der Waals surface area contributed by atoms with E-state index in [1.165, 1.54) is 0 Å². The van der Waals surface area contributed by atoms with Crippen LogP contribution in [0.4, 0.5) is 0 Å². The van der Waals surface area contributed by atoms with Crippen molar-refractivity contribution < 1.29 is 9.90 Å². The molecule has 1 fully saturated rings. The number of aromatic nitrogens is 2. The molecular weight excluding hydrogens is 206 g/mol. The van der Waals surface area contributed by atoms with Gasteiger partial charge in [-0.15, -0.1) is 0 Å². The quantitative estimate of drug-likeness (QED) is 0.791. The lowest BCUT2D eigenvalue weighted by Gasteiger charge is -2.14. The summed E-state index contributed by atoms with van der Waals surface area (Å²) >= 11 is 0. The van der Waals surface area contributed by atoms with Crippen LogP contribution in [0.3, 0.4) is 0 Å². The molecule has 1 aliphatic carbocycles. The third-order valence-electron chi connectivity index (χ3n) is 3.28. The van der Waals surface area contributed by atoms with Gasteiger partial charge < -0.3 is 10.8 Å². The second kappa shape index (κ2) is 4.65. The minimum atomic E-state index is -0.810. The highest BCUT2D eigenvalue weighted by Gasteiger charge is 2.26.